The summed E-state index contributed by atoms with van der Waals surface area (Å²) in [6, 6.07) is 8.38. The number of benzene rings is 1. The number of carbonyl (C=O) groups excluding carboxylic acids is 2. The summed E-state index contributed by atoms with van der Waals surface area (Å²) in [4.78, 5) is 26.7. The van der Waals surface area contributed by atoms with Gasteiger partial charge in [0.05, 0.1) is 59.9 Å². The predicted octanol–water partition coefficient (Wildman–Crippen LogP) is 9.04. The van der Waals surface area contributed by atoms with Crippen LogP contribution in [0.1, 0.15) is 99.8 Å². The molecule has 0 aromatic heterocycles. The fourth-order valence-electron chi connectivity index (χ4n) is 8.46. The first-order valence-electron chi connectivity index (χ1n) is 21.5. The molecule has 0 spiro atoms. The highest BCUT2D eigenvalue weighted by Gasteiger charge is 2.51. The molecule has 14 heteroatoms. The van der Waals surface area contributed by atoms with Crippen LogP contribution in [0.3, 0.4) is 0 Å². The zero-order valence-corrected chi connectivity index (χ0v) is 39.0. The van der Waals surface area contributed by atoms with Crippen molar-refractivity contribution < 1.29 is 50.9 Å². The number of hydrogen-bond acceptors (Lipinski definition) is 11. The summed E-state index contributed by atoms with van der Waals surface area (Å²) in [6.45, 7) is 28.2. The van der Waals surface area contributed by atoms with Crippen LogP contribution in [0.2, 0.25) is 18.1 Å². The Morgan fingerprint density at radius 2 is 1.59 bits per heavy atom. The van der Waals surface area contributed by atoms with E-state index in [4.69, 9.17) is 32.8 Å². The van der Waals surface area contributed by atoms with E-state index < -0.39 is 66.3 Å². The van der Waals surface area contributed by atoms with Crippen molar-refractivity contribution in [1.29, 1.82) is 0 Å². The second kappa shape index (κ2) is 19.2. The molecule has 332 valence electrons. The van der Waals surface area contributed by atoms with Gasteiger partial charge in [-0.05, 0) is 107 Å². The Kier molecular flexibility index (Phi) is 15.4. The molecular weight excluding hydrogens is 791 g/mol. The third-order valence-corrected chi connectivity index (χ3v) is 19.2. The van der Waals surface area contributed by atoms with E-state index in [-0.39, 0.29) is 59.0 Å². The van der Waals surface area contributed by atoms with Crippen LogP contribution in [0.25, 0.3) is 0 Å². The lowest BCUT2D eigenvalue weighted by atomic mass is 9.83. The monoisotopic (exact) mass is 861 g/mol. The summed E-state index contributed by atoms with van der Waals surface area (Å²) in [6.07, 6.45) is 1.35. The van der Waals surface area contributed by atoms with Gasteiger partial charge in [-0.2, -0.15) is 0 Å². The zero-order valence-electron chi connectivity index (χ0n) is 37.2. The van der Waals surface area contributed by atoms with Gasteiger partial charge in [-0.25, -0.2) is 22.9 Å². The number of carbonyl (C=O) groups is 2. The Morgan fingerprint density at radius 3 is 2.24 bits per heavy atom. The zero-order chi connectivity index (χ0) is 43.5. The van der Waals surface area contributed by atoms with Gasteiger partial charge in [-0.3, -0.25) is 0 Å². The van der Waals surface area contributed by atoms with Crippen LogP contribution in [0.5, 0.6) is 0 Å². The van der Waals surface area contributed by atoms with Crippen molar-refractivity contribution >= 4 is 30.3 Å². The molecular formula is C45H71NO11SSi. The molecule has 0 aliphatic carbocycles. The van der Waals surface area contributed by atoms with E-state index in [0.29, 0.717) is 6.42 Å². The van der Waals surface area contributed by atoms with Crippen molar-refractivity contribution in [3.63, 3.8) is 0 Å². The Hall–Kier alpha value is -2.59. The standard InChI is InChI=1S/C45H71NO11SSi/c1-29-23-33(20-21-37-30(2)24-32(53-37)17-16-22-52-59(11,12)45(7,8)9)54-38(31(29)3)26-39-36(28-58(49,50)35-18-14-13-15-19-35)41(51-10)40(56-39)25-34-27-46(42(47)55-34)43(48)57-44(4,5)6/h13-15,18-19,29,32-34,36-41H,2-3,16-17,20-28H2,1,4-12H3/t29-,32+,33+,34+,36+,37+,38-,39+,40-,41-/m1/s1. The molecule has 0 radical (unpaired) electrons. The van der Waals surface area contributed by atoms with E-state index in [2.05, 4.69) is 53.9 Å². The Labute approximate surface area is 354 Å². The number of sulfone groups is 1. The van der Waals surface area contributed by atoms with Crippen LogP contribution in [-0.2, 0) is 42.7 Å². The Morgan fingerprint density at radius 1 is 0.915 bits per heavy atom. The highest BCUT2D eigenvalue weighted by Crippen LogP contribution is 2.42. The maximum absolute atomic E-state index is 13.9. The third-order valence-electron chi connectivity index (χ3n) is 12.8. The van der Waals surface area contributed by atoms with Gasteiger partial charge >= 0.3 is 12.2 Å². The number of nitrogens with zero attached hydrogens (tertiary/aromatic N) is 1. The molecule has 4 aliphatic rings. The molecule has 0 saturated carbocycles. The van der Waals surface area contributed by atoms with Crippen molar-refractivity contribution in [3.8, 4) is 0 Å². The highest BCUT2D eigenvalue weighted by molar-refractivity contribution is 7.91. The highest BCUT2D eigenvalue weighted by atomic mass is 32.2. The fraction of sp³-hybridized carbons (Fsp3) is 0.733. The van der Waals surface area contributed by atoms with Crippen molar-refractivity contribution in [1.82, 2.24) is 4.90 Å². The van der Waals surface area contributed by atoms with Crippen LogP contribution in [0, 0.1) is 11.8 Å². The smallest absolute Gasteiger partial charge is 0.419 e. The second-order valence-electron chi connectivity index (χ2n) is 19.6. The summed E-state index contributed by atoms with van der Waals surface area (Å²) in [5.74, 6) is -0.604. The van der Waals surface area contributed by atoms with E-state index in [0.717, 1.165) is 61.2 Å². The number of rotatable bonds is 16. The van der Waals surface area contributed by atoms with Crippen molar-refractivity contribution in [2.75, 3.05) is 26.0 Å². The lowest BCUT2D eigenvalue weighted by molar-refractivity contribution is -0.0766. The molecule has 12 nitrogen and oxygen atoms in total. The van der Waals surface area contributed by atoms with E-state index in [9.17, 15) is 18.0 Å². The normalized spacial score (nSPS) is 30.9. The Balaban J connectivity index is 1.23. The van der Waals surface area contributed by atoms with E-state index in [1.165, 1.54) is 0 Å². The SMILES string of the molecule is C=C1C[C@H](CCCO[Si](C)(C)C(C)(C)C)O[C@H]1CC[C@H]1C[C@@H](C)C(=C)[C@@H](C[C@@H]2O[C@H](C[C@H]3CN(C(=O)OC(C)(C)C)C(=O)O3)[C@H](OC)[C@H]2CS(=O)(=O)c2ccccc2)O1. The molecule has 59 heavy (non-hydrogen) atoms. The van der Waals surface area contributed by atoms with Crippen LogP contribution in [0.4, 0.5) is 9.59 Å². The predicted molar refractivity (Wildman–Crippen MR) is 230 cm³/mol. The lowest BCUT2D eigenvalue weighted by Gasteiger charge is -2.38. The van der Waals surface area contributed by atoms with Gasteiger partial charge in [-0.15, -0.1) is 0 Å². The molecule has 1 aromatic rings. The maximum Gasteiger partial charge on any atom is 0.419 e. The molecule has 0 N–H and O–H groups in total. The molecule has 10 atom stereocenters. The van der Waals surface area contributed by atoms with Crippen LogP contribution in [0.15, 0.2) is 59.5 Å². The van der Waals surface area contributed by atoms with Crippen molar-refractivity contribution in [2.45, 2.75) is 177 Å². The number of cyclic esters (lactones) is 1. The lowest BCUT2D eigenvalue weighted by Crippen LogP contribution is -2.41. The van der Waals surface area contributed by atoms with Crippen molar-refractivity contribution in [2.24, 2.45) is 11.8 Å². The average Bonchev–Trinajstić information content (AvgIpc) is 3.79. The van der Waals surface area contributed by atoms with Gasteiger partial charge in [-0.1, -0.05) is 59.1 Å². The van der Waals surface area contributed by atoms with Gasteiger partial charge in [0, 0.05) is 32.5 Å². The summed E-state index contributed by atoms with van der Waals surface area (Å²) < 4.78 is 71.2. The molecule has 5 rings (SSSR count). The molecule has 4 fully saturated rings. The van der Waals surface area contributed by atoms with Gasteiger partial charge in [0.2, 0.25) is 0 Å². The van der Waals surface area contributed by atoms with Crippen LogP contribution < -0.4 is 0 Å². The molecule has 1 aromatic carbocycles. The number of imide groups is 1. The second-order valence-corrected chi connectivity index (χ2v) is 26.5. The number of amides is 2. The minimum atomic E-state index is -3.75. The Bertz CT molecular complexity index is 1740. The van der Waals surface area contributed by atoms with Gasteiger partial charge in [0.15, 0.2) is 18.2 Å². The van der Waals surface area contributed by atoms with Gasteiger partial charge in [0.25, 0.3) is 0 Å². The van der Waals surface area contributed by atoms with Gasteiger partial charge < -0.3 is 32.8 Å². The summed E-state index contributed by atoms with van der Waals surface area (Å²) in [7, 11) is -3.98. The number of hydrogen-bond donors (Lipinski definition) is 0. The van der Waals surface area contributed by atoms with Gasteiger partial charge in [0.1, 0.15) is 11.7 Å². The maximum atomic E-state index is 13.9. The molecule has 0 unspecified atom stereocenters. The molecule has 4 heterocycles. The number of ether oxygens (including phenoxy) is 6. The minimum absolute atomic E-state index is 0.0197. The first kappa shape index (κ1) is 47.5. The van der Waals surface area contributed by atoms with Crippen LogP contribution in [-0.4, -0.2) is 114 Å². The summed E-state index contributed by atoms with van der Waals surface area (Å²) in [5, 5.41) is 0.186. The summed E-state index contributed by atoms with van der Waals surface area (Å²) >= 11 is 0. The van der Waals surface area contributed by atoms with E-state index in [1.54, 1.807) is 58.2 Å². The first-order chi connectivity index (χ1) is 27.5. The largest absolute Gasteiger partial charge is 0.444 e. The van der Waals surface area contributed by atoms with E-state index in [1.807, 2.05) is 0 Å². The minimum Gasteiger partial charge on any atom is -0.444 e. The first-order valence-corrected chi connectivity index (χ1v) is 26.0. The fourth-order valence-corrected chi connectivity index (χ4v) is 11.2. The molecule has 4 saturated heterocycles. The number of methoxy groups -OCH3 is 1. The van der Waals surface area contributed by atoms with E-state index >= 15 is 0 Å². The molecule has 0 bridgehead atoms. The summed E-state index contributed by atoms with van der Waals surface area (Å²) in [5.41, 5.74) is 1.29. The molecule has 4 aliphatic heterocycles. The van der Waals surface area contributed by atoms with Crippen molar-refractivity contribution in [3.05, 3.63) is 54.6 Å². The van der Waals surface area contributed by atoms with Crippen LogP contribution >= 0.6 is 0 Å². The molecule has 2 amide bonds. The topological polar surface area (TPSA) is 136 Å². The average molecular weight is 862 g/mol. The third kappa shape index (κ3) is 12.3. The quantitative estimate of drug-likeness (QED) is 0.0895.